The predicted molar refractivity (Wildman–Crippen MR) is 102 cm³/mol. The van der Waals surface area contributed by atoms with E-state index in [4.69, 9.17) is 16.2 Å². The number of aliphatic imine (C=N–C) groups is 1. The smallest absolute Gasteiger partial charge is 0.174 e. The summed E-state index contributed by atoms with van der Waals surface area (Å²) in [5.74, 6) is 0.194. The van der Waals surface area contributed by atoms with Gasteiger partial charge in [-0.3, -0.25) is 0 Å². The zero-order valence-electron chi connectivity index (χ0n) is 15.8. The van der Waals surface area contributed by atoms with Crippen LogP contribution in [0.15, 0.2) is 34.8 Å². The van der Waals surface area contributed by atoms with Crippen molar-refractivity contribution in [2.75, 3.05) is 6.61 Å². The second kappa shape index (κ2) is 8.76. The first-order valence-corrected chi connectivity index (χ1v) is 8.29. The molecule has 0 bridgehead atoms. The molecule has 25 heavy (non-hydrogen) atoms. The lowest BCUT2D eigenvalue weighted by Gasteiger charge is -2.27. The molecule has 1 heterocycles. The number of ether oxygens (including phenoxy) is 1. The van der Waals surface area contributed by atoms with Crippen molar-refractivity contribution in [1.29, 1.82) is 0 Å². The molecule has 1 atom stereocenters. The first-order chi connectivity index (χ1) is 11.6. The van der Waals surface area contributed by atoms with E-state index in [0.717, 1.165) is 6.42 Å². The van der Waals surface area contributed by atoms with Gasteiger partial charge in [0, 0.05) is 11.1 Å². The number of halogens is 1. The molecule has 0 spiro atoms. The number of nitrogens with zero attached hydrogens (tertiary/aromatic N) is 2. The summed E-state index contributed by atoms with van der Waals surface area (Å²) in [4.78, 5) is 7.85. The SMILES string of the molecule is C=N/C(N)=C(F)\C(=C/C)c1ccc(OC[C@@](C)(N)CC(C)C)c(C)n1. The summed E-state index contributed by atoms with van der Waals surface area (Å²) < 4.78 is 20.1. The summed E-state index contributed by atoms with van der Waals surface area (Å²) in [5, 5.41) is 0. The van der Waals surface area contributed by atoms with Gasteiger partial charge in [0.15, 0.2) is 11.6 Å². The fourth-order valence-electron chi connectivity index (χ4n) is 2.68. The molecule has 5 nitrogen and oxygen atoms in total. The van der Waals surface area contributed by atoms with Crippen molar-refractivity contribution in [3.8, 4) is 5.75 Å². The van der Waals surface area contributed by atoms with Gasteiger partial charge in [-0.2, -0.15) is 0 Å². The summed E-state index contributed by atoms with van der Waals surface area (Å²) in [6.07, 6.45) is 2.44. The molecule has 0 saturated carbocycles. The lowest BCUT2D eigenvalue weighted by molar-refractivity contribution is 0.205. The number of nitrogens with two attached hydrogens (primary N) is 2. The van der Waals surface area contributed by atoms with Crippen LogP contribution in [0.2, 0.25) is 0 Å². The van der Waals surface area contributed by atoms with E-state index < -0.39 is 11.4 Å². The molecule has 0 radical (unpaired) electrons. The zero-order valence-corrected chi connectivity index (χ0v) is 15.8. The minimum atomic E-state index is -0.649. The number of pyridine rings is 1. The second-order valence-electron chi connectivity index (χ2n) is 6.88. The van der Waals surface area contributed by atoms with Crippen molar-refractivity contribution in [3.05, 3.63) is 41.2 Å². The average molecular weight is 348 g/mol. The Kier molecular flexibility index (Phi) is 7.30. The minimum Gasteiger partial charge on any atom is -0.490 e. The predicted octanol–water partition coefficient (Wildman–Crippen LogP) is 3.73. The summed E-state index contributed by atoms with van der Waals surface area (Å²) in [6, 6.07) is 3.45. The van der Waals surface area contributed by atoms with E-state index in [-0.39, 0.29) is 11.4 Å². The van der Waals surface area contributed by atoms with Crippen LogP contribution in [0.1, 0.15) is 45.5 Å². The van der Waals surface area contributed by atoms with Gasteiger partial charge in [0.1, 0.15) is 12.4 Å². The quantitative estimate of drug-likeness (QED) is 0.553. The lowest BCUT2D eigenvalue weighted by Crippen LogP contribution is -2.43. The standard InChI is InChI=1S/C19H29FN4O/c1-7-14(17(20)18(21)23-6)15-8-9-16(13(4)24-15)25-11-19(5,22)10-12(2)3/h7-9,12H,6,10-11,21-22H2,1-5H3/b14-7-,18-17+/t19-/m0/s1. The van der Waals surface area contributed by atoms with E-state index >= 15 is 0 Å². The normalized spacial score (nSPS) is 15.6. The van der Waals surface area contributed by atoms with Crippen LogP contribution in [0.25, 0.3) is 5.57 Å². The maximum atomic E-state index is 14.3. The molecule has 0 amide bonds. The fraction of sp³-hybridized carbons (Fsp3) is 0.474. The molecular weight excluding hydrogens is 319 g/mol. The van der Waals surface area contributed by atoms with Crippen molar-refractivity contribution in [2.45, 2.75) is 46.6 Å². The van der Waals surface area contributed by atoms with Gasteiger partial charge in [0.05, 0.1) is 11.4 Å². The highest BCUT2D eigenvalue weighted by Gasteiger charge is 2.22. The van der Waals surface area contributed by atoms with Gasteiger partial charge in [-0.1, -0.05) is 19.9 Å². The van der Waals surface area contributed by atoms with Crippen LogP contribution >= 0.6 is 0 Å². The van der Waals surface area contributed by atoms with Crippen LogP contribution in [0.4, 0.5) is 4.39 Å². The zero-order chi connectivity index (χ0) is 19.2. The molecule has 0 aliphatic rings. The van der Waals surface area contributed by atoms with Gasteiger partial charge < -0.3 is 16.2 Å². The van der Waals surface area contributed by atoms with Crippen molar-refractivity contribution < 1.29 is 9.13 Å². The number of aromatic nitrogens is 1. The van der Waals surface area contributed by atoms with Crippen LogP contribution in [0.3, 0.4) is 0 Å². The molecule has 0 saturated heterocycles. The third-order valence-corrected chi connectivity index (χ3v) is 3.67. The van der Waals surface area contributed by atoms with Crippen molar-refractivity contribution in [2.24, 2.45) is 22.4 Å². The molecule has 1 aromatic rings. The third-order valence-electron chi connectivity index (χ3n) is 3.67. The Hall–Kier alpha value is -2.21. The Morgan fingerprint density at radius 1 is 1.48 bits per heavy atom. The van der Waals surface area contributed by atoms with E-state index in [1.165, 1.54) is 0 Å². The van der Waals surface area contributed by atoms with Crippen LogP contribution in [0, 0.1) is 12.8 Å². The largest absolute Gasteiger partial charge is 0.490 e. The molecule has 0 aliphatic heterocycles. The highest BCUT2D eigenvalue weighted by atomic mass is 19.1. The first-order valence-electron chi connectivity index (χ1n) is 8.29. The number of rotatable bonds is 8. The summed E-state index contributed by atoms with van der Waals surface area (Å²) >= 11 is 0. The van der Waals surface area contributed by atoms with Crippen LogP contribution in [-0.4, -0.2) is 23.8 Å². The first kappa shape index (κ1) is 20.8. The number of hydrogen-bond acceptors (Lipinski definition) is 5. The van der Waals surface area contributed by atoms with Crippen LogP contribution in [-0.2, 0) is 0 Å². The fourth-order valence-corrected chi connectivity index (χ4v) is 2.68. The topological polar surface area (TPSA) is 86.5 Å². The minimum absolute atomic E-state index is 0.263. The van der Waals surface area contributed by atoms with Gasteiger partial charge >= 0.3 is 0 Å². The molecule has 0 unspecified atom stereocenters. The van der Waals surface area contributed by atoms with E-state index in [1.54, 1.807) is 32.1 Å². The summed E-state index contributed by atoms with van der Waals surface area (Å²) in [5.41, 5.74) is 12.7. The second-order valence-corrected chi connectivity index (χ2v) is 6.88. The van der Waals surface area contributed by atoms with Gasteiger partial charge in [-0.05, 0) is 52.0 Å². The maximum absolute atomic E-state index is 14.3. The van der Waals surface area contributed by atoms with Crippen LogP contribution in [0.5, 0.6) is 5.75 Å². The van der Waals surface area contributed by atoms with E-state index in [2.05, 4.69) is 30.5 Å². The van der Waals surface area contributed by atoms with Gasteiger partial charge in [0.2, 0.25) is 0 Å². The van der Waals surface area contributed by atoms with Gasteiger partial charge in [-0.15, -0.1) is 0 Å². The highest BCUT2D eigenvalue weighted by molar-refractivity contribution is 5.75. The number of allylic oxidation sites excluding steroid dienone is 3. The monoisotopic (exact) mass is 348 g/mol. The Morgan fingerprint density at radius 3 is 2.60 bits per heavy atom. The van der Waals surface area contributed by atoms with Crippen molar-refractivity contribution in [1.82, 2.24) is 4.98 Å². The highest BCUT2D eigenvalue weighted by Crippen LogP contribution is 2.27. The Balaban J connectivity index is 2.99. The molecule has 6 heteroatoms. The molecular formula is C19H29FN4O. The molecule has 1 aromatic heterocycles. The molecule has 0 fully saturated rings. The summed E-state index contributed by atoms with van der Waals surface area (Å²) in [7, 11) is 0. The lowest BCUT2D eigenvalue weighted by atomic mass is 9.93. The van der Waals surface area contributed by atoms with E-state index in [9.17, 15) is 4.39 Å². The summed E-state index contributed by atoms with van der Waals surface area (Å²) in [6.45, 7) is 13.3. The Labute approximate surface area is 149 Å². The van der Waals surface area contributed by atoms with Crippen molar-refractivity contribution >= 4 is 12.3 Å². The van der Waals surface area contributed by atoms with Crippen LogP contribution < -0.4 is 16.2 Å². The average Bonchev–Trinajstić information content (AvgIpc) is 2.52. The molecule has 1 rings (SSSR count). The number of hydrogen-bond donors (Lipinski definition) is 2. The van der Waals surface area contributed by atoms with Gasteiger partial charge in [0.25, 0.3) is 0 Å². The van der Waals surface area contributed by atoms with E-state index in [1.807, 2.05) is 6.92 Å². The van der Waals surface area contributed by atoms with Crippen molar-refractivity contribution in [3.63, 3.8) is 0 Å². The third kappa shape index (κ3) is 5.98. The number of aryl methyl sites for hydroxylation is 1. The molecule has 0 aromatic carbocycles. The van der Waals surface area contributed by atoms with E-state index in [0.29, 0.717) is 29.7 Å². The maximum Gasteiger partial charge on any atom is 0.174 e. The molecule has 4 N–H and O–H groups in total. The van der Waals surface area contributed by atoms with Gasteiger partial charge in [-0.25, -0.2) is 14.4 Å². The molecule has 0 aliphatic carbocycles. The molecule has 138 valence electrons. The Morgan fingerprint density at radius 2 is 2.12 bits per heavy atom. The Bertz CT molecular complexity index is 678.